The Bertz CT molecular complexity index is 1130. The number of hydrogen-bond donors (Lipinski definition) is 2. The summed E-state index contributed by atoms with van der Waals surface area (Å²) in [4.78, 5) is 16.4. The molecule has 1 aliphatic heterocycles. The molecule has 2 N–H and O–H groups in total. The van der Waals surface area contributed by atoms with E-state index in [1.54, 1.807) is 17.7 Å². The highest BCUT2D eigenvalue weighted by Crippen LogP contribution is 2.26. The fourth-order valence-corrected chi connectivity index (χ4v) is 4.24. The zero-order valence-electron chi connectivity index (χ0n) is 17.4. The molecule has 1 aliphatic rings. The molecule has 0 amide bonds. The molecule has 1 saturated heterocycles. The number of anilines is 4. The number of ether oxygens (including phenoxy) is 1. The van der Waals surface area contributed by atoms with Gasteiger partial charge in [-0.2, -0.15) is 21.3 Å². The van der Waals surface area contributed by atoms with Crippen LogP contribution in [0.15, 0.2) is 47.4 Å². The molecule has 3 aromatic heterocycles. The van der Waals surface area contributed by atoms with Crippen LogP contribution >= 0.6 is 11.3 Å². The smallest absolute Gasteiger partial charge is 0.231 e. The summed E-state index contributed by atoms with van der Waals surface area (Å²) in [7, 11) is 0. The highest BCUT2D eigenvalue weighted by molar-refractivity contribution is 7.08. The molecule has 0 aliphatic carbocycles. The average molecular weight is 436 g/mol. The SMILES string of the molecule is CCCNc1nc(Nc2ccc(N3CCOCC3)cc2)nc2c1ncn2-c1ccsc1. The summed E-state index contributed by atoms with van der Waals surface area (Å²) in [5, 5.41) is 10.9. The Morgan fingerprint density at radius 1 is 1.06 bits per heavy atom. The molecule has 8 nitrogen and oxygen atoms in total. The number of hydrogen-bond acceptors (Lipinski definition) is 8. The molecule has 0 bridgehead atoms. The van der Waals surface area contributed by atoms with Gasteiger partial charge in [0.05, 0.1) is 18.9 Å². The number of morpholine rings is 1. The van der Waals surface area contributed by atoms with Gasteiger partial charge in [-0.3, -0.25) is 4.57 Å². The van der Waals surface area contributed by atoms with Crippen molar-refractivity contribution >= 4 is 45.6 Å². The standard InChI is InChI=1S/C22H25N7OS/c1-2-8-23-20-19-21(29(15-24-19)18-7-13-31-14-18)27-22(26-20)25-16-3-5-17(6-4-16)28-9-11-30-12-10-28/h3-7,13-15H,2,8-12H2,1H3,(H2,23,25,26,27). The maximum atomic E-state index is 5.44. The summed E-state index contributed by atoms with van der Waals surface area (Å²) in [6, 6.07) is 10.4. The first-order valence-corrected chi connectivity index (χ1v) is 11.5. The van der Waals surface area contributed by atoms with Gasteiger partial charge < -0.3 is 20.3 Å². The van der Waals surface area contributed by atoms with Crippen LogP contribution in [0.2, 0.25) is 0 Å². The van der Waals surface area contributed by atoms with Crippen molar-refractivity contribution in [2.45, 2.75) is 13.3 Å². The molecular weight excluding hydrogens is 410 g/mol. The summed E-state index contributed by atoms with van der Waals surface area (Å²) in [5.74, 6) is 1.29. The van der Waals surface area contributed by atoms with Gasteiger partial charge in [-0.1, -0.05) is 6.92 Å². The molecule has 4 aromatic rings. The summed E-state index contributed by atoms with van der Waals surface area (Å²) in [6.07, 6.45) is 2.81. The normalized spacial score (nSPS) is 14.2. The Kier molecular flexibility index (Phi) is 5.68. The number of fused-ring (bicyclic) bond motifs is 1. The number of nitrogens with zero attached hydrogens (tertiary/aromatic N) is 5. The zero-order valence-corrected chi connectivity index (χ0v) is 18.2. The van der Waals surface area contributed by atoms with Crippen LogP contribution in [0.4, 0.5) is 23.1 Å². The third kappa shape index (κ3) is 4.19. The molecule has 0 saturated carbocycles. The quantitative estimate of drug-likeness (QED) is 0.448. The fourth-order valence-electron chi connectivity index (χ4n) is 3.61. The van der Waals surface area contributed by atoms with Crippen molar-refractivity contribution in [1.29, 1.82) is 0 Å². The monoisotopic (exact) mass is 435 g/mol. The van der Waals surface area contributed by atoms with E-state index in [9.17, 15) is 0 Å². The van der Waals surface area contributed by atoms with Gasteiger partial charge in [-0.25, -0.2) is 4.98 Å². The van der Waals surface area contributed by atoms with Gasteiger partial charge in [0.25, 0.3) is 0 Å². The molecule has 0 unspecified atom stereocenters. The Balaban J connectivity index is 1.45. The molecule has 0 atom stereocenters. The summed E-state index contributed by atoms with van der Waals surface area (Å²) >= 11 is 1.65. The topological polar surface area (TPSA) is 80.1 Å². The largest absolute Gasteiger partial charge is 0.378 e. The van der Waals surface area contributed by atoms with E-state index in [-0.39, 0.29) is 0 Å². The second-order valence-electron chi connectivity index (χ2n) is 7.36. The van der Waals surface area contributed by atoms with E-state index in [1.807, 2.05) is 9.95 Å². The molecule has 1 fully saturated rings. The lowest BCUT2D eigenvalue weighted by Crippen LogP contribution is -2.36. The summed E-state index contributed by atoms with van der Waals surface area (Å²) < 4.78 is 7.44. The van der Waals surface area contributed by atoms with Crippen LogP contribution in [-0.2, 0) is 4.74 Å². The number of benzene rings is 1. The van der Waals surface area contributed by atoms with Crippen LogP contribution in [0.3, 0.4) is 0 Å². The average Bonchev–Trinajstić information content (AvgIpc) is 3.48. The minimum atomic E-state index is 0.544. The van der Waals surface area contributed by atoms with E-state index in [0.29, 0.717) is 5.95 Å². The van der Waals surface area contributed by atoms with Crippen LogP contribution in [0.5, 0.6) is 0 Å². The van der Waals surface area contributed by atoms with Gasteiger partial charge >= 0.3 is 0 Å². The second kappa shape index (κ2) is 8.91. The third-order valence-electron chi connectivity index (χ3n) is 5.22. The molecular formula is C22H25N7OS. The highest BCUT2D eigenvalue weighted by Gasteiger charge is 2.15. The van der Waals surface area contributed by atoms with Gasteiger partial charge in [-0.15, -0.1) is 0 Å². The van der Waals surface area contributed by atoms with Crippen molar-refractivity contribution in [2.75, 3.05) is 48.4 Å². The molecule has 5 rings (SSSR count). The maximum Gasteiger partial charge on any atom is 0.231 e. The summed E-state index contributed by atoms with van der Waals surface area (Å²) in [6.45, 7) is 6.35. The van der Waals surface area contributed by atoms with Gasteiger partial charge in [0, 0.05) is 36.4 Å². The fraction of sp³-hybridized carbons (Fsp3) is 0.318. The summed E-state index contributed by atoms with van der Waals surface area (Å²) in [5.41, 5.74) is 4.74. The van der Waals surface area contributed by atoms with E-state index in [4.69, 9.17) is 14.7 Å². The van der Waals surface area contributed by atoms with Gasteiger partial charge in [-0.05, 0) is 42.1 Å². The van der Waals surface area contributed by atoms with E-state index >= 15 is 0 Å². The zero-order chi connectivity index (χ0) is 21.0. The van der Waals surface area contributed by atoms with Gasteiger partial charge in [0.2, 0.25) is 5.95 Å². The van der Waals surface area contributed by atoms with E-state index < -0.39 is 0 Å². The molecule has 31 heavy (non-hydrogen) atoms. The first-order valence-electron chi connectivity index (χ1n) is 10.5. The first-order chi connectivity index (χ1) is 15.3. The second-order valence-corrected chi connectivity index (χ2v) is 8.14. The van der Waals surface area contributed by atoms with E-state index in [0.717, 1.165) is 67.6 Å². The molecule has 0 radical (unpaired) electrons. The first kappa shape index (κ1) is 19.8. The maximum absolute atomic E-state index is 5.44. The van der Waals surface area contributed by atoms with Crippen molar-refractivity contribution in [1.82, 2.24) is 19.5 Å². The predicted octanol–water partition coefficient (Wildman–Crippen LogP) is 4.28. The Morgan fingerprint density at radius 2 is 1.90 bits per heavy atom. The van der Waals surface area contributed by atoms with E-state index in [1.165, 1.54) is 5.69 Å². The lowest BCUT2D eigenvalue weighted by Gasteiger charge is -2.28. The number of thiophene rings is 1. The van der Waals surface area contributed by atoms with Crippen LogP contribution in [0.1, 0.15) is 13.3 Å². The Labute approximate surface area is 184 Å². The highest BCUT2D eigenvalue weighted by atomic mass is 32.1. The minimum Gasteiger partial charge on any atom is -0.378 e. The van der Waals surface area contributed by atoms with Crippen LogP contribution in [0, 0.1) is 0 Å². The Morgan fingerprint density at radius 3 is 2.65 bits per heavy atom. The lowest BCUT2D eigenvalue weighted by molar-refractivity contribution is 0.122. The molecule has 4 heterocycles. The van der Waals surface area contributed by atoms with Gasteiger partial charge in [0.15, 0.2) is 17.0 Å². The van der Waals surface area contributed by atoms with Crippen molar-refractivity contribution in [2.24, 2.45) is 0 Å². The number of rotatable bonds is 7. The number of aromatic nitrogens is 4. The molecule has 1 aromatic carbocycles. The van der Waals surface area contributed by atoms with Crippen molar-refractivity contribution in [3.63, 3.8) is 0 Å². The van der Waals surface area contributed by atoms with Crippen LogP contribution in [0.25, 0.3) is 16.9 Å². The predicted molar refractivity (Wildman–Crippen MR) is 126 cm³/mol. The Hall–Kier alpha value is -3.17. The van der Waals surface area contributed by atoms with Crippen molar-refractivity contribution in [3.05, 3.63) is 47.4 Å². The van der Waals surface area contributed by atoms with Crippen LogP contribution < -0.4 is 15.5 Å². The van der Waals surface area contributed by atoms with Crippen molar-refractivity contribution in [3.8, 4) is 5.69 Å². The minimum absolute atomic E-state index is 0.544. The third-order valence-corrected chi connectivity index (χ3v) is 5.89. The molecule has 9 heteroatoms. The van der Waals surface area contributed by atoms with Crippen LogP contribution in [-0.4, -0.2) is 52.4 Å². The lowest BCUT2D eigenvalue weighted by atomic mass is 10.2. The van der Waals surface area contributed by atoms with Crippen molar-refractivity contribution < 1.29 is 4.74 Å². The van der Waals surface area contributed by atoms with E-state index in [2.05, 4.69) is 63.2 Å². The molecule has 0 spiro atoms. The molecule has 160 valence electrons. The van der Waals surface area contributed by atoms with Gasteiger partial charge in [0.1, 0.15) is 6.33 Å². The number of imidazole rings is 1. The number of nitrogens with one attached hydrogen (secondary N) is 2.